The number of ketones is 1. The van der Waals surface area contributed by atoms with Crippen molar-refractivity contribution < 1.29 is 9.59 Å². The van der Waals surface area contributed by atoms with Crippen LogP contribution in [-0.4, -0.2) is 31.7 Å². The topological polar surface area (TPSA) is 76.9 Å². The zero-order valence-electron chi connectivity index (χ0n) is 17.0. The fraction of sp³-hybridized carbons (Fsp3) is 0.364. The van der Waals surface area contributed by atoms with E-state index in [-0.39, 0.29) is 16.9 Å². The molecule has 3 aromatic rings. The van der Waals surface area contributed by atoms with Crippen molar-refractivity contribution in [2.75, 3.05) is 5.32 Å². The van der Waals surface area contributed by atoms with E-state index in [0.29, 0.717) is 23.7 Å². The third-order valence-electron chi connectivity index (χ3n) is 4.90. The molecule has 1 atom stereocenters. The molecule has 1 aliphatic carbocycles. The Hall–Kier alpha value is -2.45. The summed E-state index contributed by atoms with van der Waals surface area (Å²) in [5.41, 5.74) is 1.33. The Morgan fingerprint density at radius 3 is 2.63 bits per heavy atom. The molecule has 2 heterocycles. The van der Waals surface area contributed by atoms with Crippen LogP contribution in [-0.2, 0) is 4.79 Å². The van der Waals surface area contributed by atoms with E-state index in [4.69, 9.17) is 0 Å². The minimum Gasteiger partial charge on any atom is -0.326 e. The maximum absolute atomic E-state index is 13.0. The quantitative estimate of drug-likeness (QED) is 0.354. The number of Topliss-reactive ketones (excluding diaryl/α,β-unsaturated/α-hetero) is 1. The van der Waals surface area contributed by atoms with Crippen LogP contribution in [0.4, 0.5) is 5.69 Å². The van der Waals surface area contributed by atoms with Gasteiger partial charge < -0.3 is 5.32 Å². The number of thiophene rings is 1. The fourth-order valence-corrected chi connectivity index (χ4v) is 4.91. The highest BCUT2D eigenvalue weighted by atomic mass is 32.2. The smallest absolute Gasteiger partial charge is 0.224 e. The van der Waals surface area contributed by atoms with Gasteiger partial charge in [0.25, 0.3) is 0 Å². The molecule has 1 fully saturated rings. The number of rotatable bonds is 9. The van der Waals surface area contributed by atoms with Crippen molar-refractivity contribution in [2.45, 2.75) is 56.0 Å². The van der Waals surface area contributed by atoms with E-state index >= 15 is 0 Å². The molecule has 1 aromatic carbocycles. The predicted octanol–water partition coefficient (Wildman–Crippen LogP) is 5.44. The first-order valence-corrected chi connectivity index (χ1v) is 11.9. The van der Waals surface area contributed by atoms with E-state index in [1.165, 1.54) is 11.8 Å². The second kappa shape index (κ2) is 9.14. The first-order chi connectivity index (χ1) is 14.6. The number of amides is 1. The highest BCUT2D eigenvalue weighted by molar-refractivity contribution is 8.00. The van der Waals surface area contributed by atoms with Crippen LogP contribution >= 0.6 is 23.1 Å². The molecule has 1 saturated carbocycles. The average Bonchev–Trinajstić information content (AvgIpc) is 3.25. The minimum absolute atomic E-state index is 0.0125. The van der Waals surface area contributed by atoms with Crippen LogP contribution < -0.4 is 5.32 Å². The molecule has 4 rings (SSSR count). The lowest BCUT2D eigenvalue weighted by atomic mass is 10.1. The molecule has 1 N–H and O–H groups in total. The number of anilines is 1. The Morgan fingerprint density at radius 1 is 1.23 bits per heavy atom. The van der Waals surface area contributed by atoms with E-state index in [1.54, 1.807) is 35.6 Å². The highest BCUT2D eigenvalue weighted by Crippen LogP contribution is 2.42. The number of nitrogens with one attached hydrogen (secondary N) is 1. The number of carbonyl (C=O) groups is 2. The van der Waals surface area contributed by atoms with E-state index in [0.717, 1.165) is 35.1 Å². The summed E-state index contributed by atoms with van der Waals surface area (Å²) in [5.74, 6) is 0.915. The Morgan fingerprint density at radius 2 is 2.00 bits per heavy atom. The van der Waals surface area contributed by atoms with Crippen LogP contribution in [0.5, 0.6) is 0 Å². The van der Waals surface area contributed by atoms with Crippen molar-refractivity contribution >= 4 is 40.5 Å². The molecular weight excluding hydrogens is 416 g/mol. The lowest BCUT2D eigenvalue weighted by Gasteiger charge is -2.12. The van der Waals surface area contributed by atoms with Crippen molar-refractivity contribution in [3.8, 4) is 10.7 Å². The lowest BCUT2D eigenvalue weighted by molar-refractivity contribution is -0.116. The number of hydrogen-bond acceptors (Lipinski definition) is 6. The fourth-order valence-electron chi connectivity index (χ4n) is 3.21. The summed E-state index contributed by atoms with van der Waals surface area (Å²) < 4.78 is 2.19. The third kappa shape index (κ3) is 4.65. The molecule has 0 saturated heterocycles. The van der Waals surface area contributed by atoms with Crippen LogP contribution in [0.1, 0.15) is 55.9 Å². The molecule has 0 spiro atoms. The van der Waals surface area contributed by atoms with E-state index in [9.17, 15) is 9.59 Å². The standard InChI is InChI=1S/C22H24N4O2S2/c1-3-5-19(27)23-16-9-7-15(8-10-16)20(28)14(2)30-22-25-24-21(18-6-4-13-29-18)26(22)17-11-12-17/h4,6-10,13-14,17H,3,5,11-12H2,1-2H3,(H,23,27). The van der Waals surface area contributed by atoms with Crippen LogP contribution in [0, 0.1) is 0 Å². The third-order valence-corrected chi connectivity index (χ3v) is 6.82. The maximum atomic E-state index is 13.0. The molecule has 1 amide bonds. The van der Waals surface area contributed by atoms with Gasteiger partial charge in [-0.2, -0.15) is 0 Å². The first kappa shape index (κ1) is 20.8. The molecule has 1 unspecified atom stereocenters. The molecule has 30 heavy (non-hydrogen) atoms. The Balaban J connectivity index is 1.46. The monoisotopic (exact) mass is 440 g/mol. The number of nitrogens with zero attached hydrogens (tertiary/aromatic N) is 3. The van der Waals surface area contributed by atoms with Crippen molar-refractivity contribution in [1.82, 2.24) is 14.8 Å². The highest BCUT2D eigenvalue weighted by Gasteiger charge is 2.31. The van der Waals surface area contributed by atoms with Crippen molar-refractivity contribution in [2.24, 2.45) is 0 Å². The second-order valence-corrected chi connectivity index (χ2v) is 9.64. The number of hydrogen-bond donors (Lipinski definition) is 1. The van der Waals surface area contributed by atoms with Gasteiger partial charge in [0.1, 0.15) is 0 Å². The molecule has 1 aliphatic rings. The van der Waals surface area contributed by atoms with Gasteiger partial charge in [0.15, 0.2) is 16.8 Å². The Bertz CT molecular complexity index is 1020. The van der Waals surface area contributed by atoms with Crippen molar-refractivity contribution in [3.05, 3.63) is 47.3 Å². The average molecular weight is 441 g/mol. The van der Waals surface area contributed by atoms with Gasteiger partial charge in [0.05, 0.1) is 10.1 Å². The molecule has 6 nitrogen and oxygen atoms in total. The van der Waals surface area contributed by atoms with E-state index < -0.39 is 0 Å². The summed E-state index contributed by atoms with van der Waals surface area (Å²) in [7, 11) is 0. The summed E-state index contributed by atoms with van der Waals surface area (Å²) in [6.45, 7) is 3.87. The summed E-state index contributed by atoms with van der Waals surface area (Å²) in [6, 6.07) is 11.6. The maximum Gasteiger partial charge on any atom is 0.224 e. The van der Waals surface area contributed by atoms with Crippen LogP contribution in [0.3, 0.4) is 0 Å². The van der Waals surface area contributed by atoms with Crippen LogP contribution in [0.15, 0.2) is 46.9 Å². The molecule has 2 aromatic heterocycles. The van der Waals surface area contributed by atoms with Crippen LogP contribution in [0.2, 0.25) is 0 Å². The van der Waals surface area contributed by atoms with E-state index in [2.05, 4.69) is 26.1 Å². The van der Waals surface area contributed by atoms with E-state index in [1.807, 2.05) is 25.3 Å². The molecule has 156 valence electrons. The molecule has 0 radical (unpaired) electrons. The molecule has 0 aliphatic heterocycles. The van der Waals surface area contributed by atoms with Gasteiger partial charge in [-0.1, -0.05) is 24.8 Å². The number of carbonyl (C=O) groups excluding carboxylic acids is 2. The zero-order chi connectivity index (χ0) is 21.1. The minimum atomic E-state index is -0.289. The van der Waals surface area contributed by atoms with Crippen LogP contribution in [0.25, 0.3) is 10.7 Å². The van der Waals surface area contributed by atoms with Gasteiger partial charge in [0, 0.05) is 23.7 Å². The number of thioether (sulfide) groups is 1. The van der Waals surface area contributed by atoms with Crippen molar-refractivity contribution in [3.63, 3.8) is 0 Å². The lowest BCUT2D eigenvalue weighted by Crippen LogP contribution is -2.15. The largest absolute Gasteiger partial charge is 0.326 e. The summed E-state index contributed by atoms with van der Waals surface area (Å²) in [5, 5.41) is 14.2. The normalized spacial score (nSPS) is 14.5. The van der Waals surface area contributed by atoms with Gasteiger partial charge in [-0.05, 0) is 61.9 Å². The van der Waals surface area contributed by atoms with Gasteiger partial charge in [0.2, 0.25) is 5.91 Å². The zero-order valence-corrected chi connectivity index (χ0v) is 18.6. The summed E-state index contributed by atoms with van der Waals surface area (Å²) in [6.07, 6.45) is 3.54. The van der Waals surface area contributed by atoms with Gasteiger partial charge in [-0.3, -0.25) is 14.2 Å². The van der Waals surface area contributed by atoms with Crippen molar-refractivity contribution in [1.29, 1.82) is 0 Å². The Kier molecular flexibility index (Phi) is 6.34. The Labute approximate surface area is 184 Å². The molecular formula is C22H24N4O2S2. The first-order valence-electron chi connectivity index (χ1n) is 10.2. The van der Waals surface area contributed by atoms with Gasteiger partial charge in [-0.15, -0.1) is 21.5 Å². The molecule has 8 heteroatoms. The second-order valence-electron chi connectivity index (χ2n) is 7.38. The number of benzene rings is 1. The SMILES string of the molecule is CCCC(=O)Nc1ccc(C(=O)C(C)Sc2nnc(-c3cccs3)n2C2CC2)cc1. The van der Waals surface area contributed by atoms with Gasteiger partial charge >= 0.3 is 0 Å². The summed E-state index contributed by atoms with van der Waals surface area (Å²) >= 11 is 3.11. The molecule has 0 bridgehead atoms. The number of aromatic nitrogens is 3. The predicted molar refractivity (Wildman–Crippen MR) is 121 cm³/mol. The summed E-state index contributed by atoms with van der Waals surface area (Å²) in [4.78, 5) is 25.8. The van der Waals surface area contributed by atoms with Gasteiger partial charge in [-0.25, -0.2) is 0 Å².